The van der Waals surface area contributed by atoms with Crippen LogP contribution in [-0.2, 0) is 14.3 Å². The van der Waals surface area contributed by atoms with E-state index in [4.69, 9.17) is 5.73 Å². The molecule has 1 aromatic rings. The van der Waals surface area contributed by atoms with Crippen LogP contribution in [0.1, 0.15) is 75.7 Å². The molecular weight excluding hydrogens is 509 g/mol. The van der Waals surface area contributed by atoms with Crippen LogP contribution < -0.4 is 5.73 Å². The van der Waals surface area contributed by atoms with E-state index in [2.05, 4.69) is 26.7 Å². The number of alkyl halides is 3. The van der Waals surface area contributed by atoms with Crippen molar-refractivity contribution >= 4 is 11.8 Å². The highest BCUT2D eigenvalue weighted by Gasteiger charge is 2.58. The van der Waals surface area contributed by atoms with Gasteiger partial charge in [-0.25, -0.2) is 0 Å². The zero-order valence-corrected chi connectivity index (χ0v) is 22.5. The second kappa shape index (κ2) is 10.0. The normalized spacial score (nSPS) is 36.1. The lowest BCUT2D eigenvalue weighted by Gasteiger charge is -2.46. The van der Waals surface area contributed by atoms with Crippen LogP contribution in [0.3, 0.4) is 0 Å². The van der Waals surface area contributed by atoms with Crippen molar-refractivity contribution in [1.29, 1.82) is 0 Å². The maximum Gasteiger partial charge on any atom is 0.522 e. The van der Waals surface area contributed by atoms with Crippen LogP contribution in [-0.4, -0.2) is 88.3 Å². The summed E-state index contributed by atoms with van der Waals surface area (Å²) in [7, 11) is 1.96. The Kier molecular flexibility index (Phi) is 6.95. The van der Waals surface area contributed by atoms with E-state index < -0.39 is 24.6 Å². The Morgan fingerprint density at radius 1 is 1.05 bits per heavy atom. The average molecular weight is 549 g/mol. The number of fused-ring (bicyclic) bond motifs is 1. The van der Waals surface area contributed by atoms with Crippen LogP contribution in [0.25, 0.3) is 0 Å². The van der Waals surface area contributed by atoms with Gasteiger partial charge in [0.2, 0.25) is 11.8 Å². The maximum atomic E-state index is 14.1. The standard InChI is InChI=1S/C29H39F3N4O3/c1-34(22-14-23(15-22)39-29(30,31)32)20-7-9-24(33)26(37)36-21(13-20)8-10-25(36)27(38)35-17-19(16-28(35)11-12-28)18-5-3-2-4-6-18/h2-6,19-25H,7-17,33H2,1H3/t19-,20+,21-,22?,23?,24+,25+/m1/s1. The fraction of sp³-hybridized carbons (Fsp3) is 0.724. The Labute approximate surface area is 227 Å². The maximum absolute atomic E-state index is 14.1. The Morgan fingerprint density at radius 3 is 2.44 bits per heavy atom. The quantitative estimate of drug-likeness (QED) is 0.606. The molecule has 3 saturated heterocycles. The van der Waals surface area contributed by atoms with Gasteiger partial charge in [-0.3, -0.25) is 14.3 Å². The van der Waals surface area contributed by atoms with Crippen molar-refractivity contribution in [3.05, 3.63) is 35.9 Å². The molecule has 2 amide bonds. The molecule has 1 spiro atoms. The minimum Gasteiger partial charge on any atom is -0.335 e. The van der Waals surface area contributed by atoms with Gasteiger partial charge in [0.1, 0.15) is 6.04 Å². The topological polar surface area (TPSA) is 79.1 Å². The van der Waals surface area contributed by atoms with Crippen molar-refractivity contribution in [2.24, 2.45) is 5.73 Å². The smallest absolute Gasteiger partial charge is 0.335 e. The van der Waals surface area contributed by atoms with Gasteiger partial charge >= 0.3 is 6.36 Å². The van der Waals surface area contributed by atoms with Crippen LogP contribution in [0.2, 0.25) is 0 Å². The number of carbonyl (C=O) groups is 2. The first-order valence-corrected chi connectivity index (χ1v) is 14.5. The van der Waals surface area contributed by atoms with Crippen molar-refractivity contribution in [3.8, 4) is 0 Å². The monoisotopic (exact) mass is 548 g/mol. The number of carbonyl (C=O) groups excluding carboxylic acids is 2. The predicted molar refractivity (Wildman–Crippen MR) is 138 cm³/mol. The highest BCUT2D eigenvalue weighted by molar-refractivity contribution is 5.91. The summed E-state index contributed by atoms with van der Waals surface area (Å²) in [4.78, 5) is 33.7. The first-order chi connectivity index (χ1) is 18.5. The molecule has 3 heterocycles. The highest BCUT2D eigenvalue weighted by Crippen LogP contribution is 2.54. The van der Waals surface area contributed by atoms with Crippen LogP contribution in [0.5, 0.6) is 0 Å². The summed E-state index contributed by atoms with van der Waals surface area (Å²) < 4.78 is 42.0. The molecule has 6 rings (SSSR count). The molecule has 0 bridgehead atoms. The number of hydrogen-bond acceptors (Lipinski definition) is 5. The van der Waals surface area contributed by atoms with Gasteiger partial charge in [0, 0.05) is 36.1 Å². The van der Waals surface area contributed by atoms with Gasteiger partial charge in [0.05, 0.1) is 12.1 Å². The zero-order valence-electron chi connectivity index (χ0n) is 22.5. The molecule has 0 radical (unpaired) electrons. The van der Waals surface area contributed by atoms with Crippen molar-refractivity contribution in [3.63, 3.8) is 0 Å². The number of likely N-dealkylation sites (tertiary alicyclic amines) is 1. The summed E-state index contributed by atoms with van der Waals surface area (Å²) in [6.07, 6.45) is 1.56. The van der Waals surface area contributed by atoms with Gasteiger partial charge < -0.3 is 20.4 Å². The molecule has 2 aliphatic carbocycles. The van der Waals surface area contributed by atoms with Crippen LogP contribution in [0.15, 0.2) is 30.3 Å². The van der Waals surface area contributed by atoms with E-state index in [0.717, 1.165) is 25.7 Å². The number of nitrogens with two attached hydrogens (primary N) is 1. The number of rotatable bonds is 5. The third-order valence-corrected chi connectivity index (χ3v) is 10.2. The lowest BCUT2D eigenvalue weighted by atomic mass is 9.85. The summed E-state index contributed by atoms with van der Waals surface area (Å²) in [6, 6.07) is 9.21. The summed E-state index contributed by atoms with van der Waals surface area (Å²) in [6.45, 7) is 0.687. The second-order valence-electron chi connectivity index (χ2n) is 12.5. The molecule has 3 aliphatic heterocycles. The molecule has 2 saturated carbocycles. The summed E-state index contributed by atoms with van der Waals surface area (Å²) in [5.74, 6) is 0.235. The molecule has 5 aliphatic rings. The second-order valence-corrected chi connectivity index (χ2v) is 12.5. The van der Waals surface area contributed by atoms with E-state index in [-0.39, 0.29) is 35.5 Å². The van der Waals surface area contributed by atoms with Gasteiger partial charge in [-0.15, -0.1) is 13.2 Å². The third kappa shape index (κ3) is 5.20. The van der Waals surface area contributed by atoms with E-state index in [1.54, 1.807) is 4.90 Å². The predicted octanol–water partition coefficient (Wildman–Crippen LogP) is 3.77. The number of benzene rings is 1. The molecule has 39 heavy (non-hydrogen) atoms. The van der Waals surface area contributed by atoms with Crippen molar-refractivity contribution < 1.29 is 27.5 Å². The van der Waals surface area contributed by atoms with Crippen LogP contribution in [0, 0.1) is 0 Å². The minimum atomic E-state index is -4.61. The van der Waals surface area contributed by atoms with Crippen LogP contribution in [0.4, 0.5) is 13.2 Å². The van der Waals surface area contributed by atoms with E-state index in [1.807, 2.05) is 25.2 Å². The van der Waals surface area contributed by atoms with E-state index in [1.165, 1.54) is 5.56 Å². The van der Waals surface area contributed by atoms with E-state index in [9.17, 15) is 22.8 Å². The molecular formula is C29H39F3N4O3. The lowest BCUT2D eigenvalue weighted by molar-refractivity contribution is -0.354. The van der Waals surface area contributed by atoms with Gasteiger partial charge in [0.15, 0.2) is 0 Å². The number of ether oxygens (including phenoxy) is 1. The molecule has 5 atom stereocenters. The molecule has 10 heteroatoms. The lowest BCUT2D eigenvalue weighted by Crippen LogP contribution is -2.59. The molecule has 7 nitrogen and oxygen atoms in total. The Morgan fingerprint density at radius 2 is 1.77 bits per heavy atom. The van der Waals surface area contributed by atoms with E-state index >= 15 is 0 Å². The van der Waals surface area contributed by atoms with Crippen molar-refractivity contribution in [1.82, 2.24) is 14.7 Å². The van der Waals surface area contributed by atoms with Gasteiger partial charge in [-0.2, -0.15) is 0 Å². The van der Waals surface area contributed by atoms with Gasteiger partial charge in [-0.1, -0.05) is 30.3 Å². The Hall–Kier alpha value is -2.17. The zero-order chi connectivity index (χ0) is 27.5. The average Bonchev–Trinajstić information content (AvgIpc) is 3.36. The van der Waals surface area contributed by atoms with E-state index in [0.29, 0.717) is 51.0 Å². The fourth-order valence-electron chi connectivity index (χ4n) is 7.75. The number of halogens is 3. The van der Waals surface area contributed by atoms with Gasteiger partial charge in [0.25, 0.3) is 0 Å². The largest absolute Gasteiger partial charge is 0.522 e. The molecule has 0 aromatic heterocycles. The summed E-state index contributed by atoms with van der Waals surface area (Å²) >= 11 is 0. The first-order valence-electron chi connectivity index (χ1n) is 14.5. The third-order valence-electron chi connectivity index (χ3n) is 10.2. The summed E-state index contributed by atoms with van der Waals surface area (Å²) in [5.41, 5.74) is 7.56. The Bertz CT molecular complexity index is 1080. The SMILES string of the molecule is CN(C1CC(OC(F)(F)F)C1)[C@H]1CC[C@H](N)C(=O)N2[C@H](CC[C@H]2C(=O)N2C[C@H](c3ccccc3)CC23CC3)C1. The fourth-order valence-corrected chi connectivity index (χ4v) is 7.75. The molecule has 0 unspecified atom stereocenters. The number of amides is 2. The number of nitrogens with zero attached hydrogens (tertiary/aromatic N) is 3. The molecule has 214 valence electrons. The first kappa shape index (κ1) is 27.0. The molecule has 1 aromatic carbocycles. The van der Waals surface area contributed by atoms with Crippen molar-refractivity contribution in [2.45, 2.75) is 118 Å². The Balaban J connectivity index is 1.14. The van der Waals surface area contributed by atoms with Crippen LogP contribution >= 0.6 is 0 Å². The molecule has 5 fully saturated rings. The highest BCUT2D eigenvalue weighted by atomic mass is 19.4. The minimum absolute atomic E-state index is 0.00947. The van der Waals surface area contributed by atoms with Gasteiger partial charge in [-0.05, 0) is 76.8 Å². The summed E-state index contributed by atoms with van der Waals surface area (Å²) in [5, 5.41) is 0. The van der Waals surface area contributed by atoms with Crippen molar-refractivity contribution in [2.75, 3.05) is 13.6 Å². The number of hydrogen-bond donors (Lipinski definition) is 1. The molecule has 2 N–H and O–H groups in total.